The lowest BCUT2D eigenvalue weighted by molar-refractivity contribution is -0.247. The van der Waals surface area contributed by atoms with Crippen molar-refractivity contribution in [1.82, 2.24) is 0 Å². The molecule has 4 fully saturated rings. The zero-order chi connectivity index (χ0) is 18.2. The zero-order valence-electron chi connectivity index (χ0n) is 15.2. The predicted molar refractivity (Wildman–Crippen MR) is 97.9 cm³/mol. The van der Waals surface area contributed by atoms with Crippen molar-refractivity contribution in [1.29, 1.82) is 0 Å². The van der Waals surface area contributed by atoms with E-state index in [9.17, 15) is 9.59 Å². The summed E-state index contributed by atoms with van der Waals surface area (Å²) >= 11 is 0. The summed E-state index contributed by atoms with van der Waals surface area (Å²) in [7, 11) is 0. The summed E-state index contributed by atoms with van der Waals surface area (Å²) in [6, 6.07) is 9.32. The molecule has 0 unspecified atom stereocenters. The molecule has 3 saturated heterocycles. The zero-order valence-corrected chi connectivity index (χ0v) is 15.2. The largest absolute Gasteiger partial charge is 0.371 e. The van der Waals surface area contributed by atoms with Crippen LogP contribution in [0.1, 0.15) is 25.7 Å². The average molecular weight is 365 g/mol. The van der Waals surface area contributed by atoms with Crippen molar-refractivity contribution >= 4 is 17.5 Å². The Morgan fingerprint density at radius 3 is 1.78 bits per heavy atom. The van der Waals surface area contributed by atoms with Gasteiger partial charge < -0.3 is 9.47 Å². The average Bonchev–Trinajstić information content (AvgIpc) is 3.42. The Morgan fingerprint density at radius 2 is 1.33 bits per heavy atom. The van der Waals surface area contributed by atoms with E-state index in [-0.39, 0.29) is 35.5 Å². The van der Waals surface area contributed by atoms with E-state index in [2.05, 4.69) is 12.2 Å². The van der Waals surface area contributed by atoms with Crippen molar-refractivity contribution in [3.8, 4) is 0 Å². The molecular formula is C22H23NO4. The minimum Gasteiger partial charge on any atom is -0.371 e. The van der Waals surface area contributed by atoms with Crippen LogP contribution in [-0.4, -0.2) is 36.2 Å². The first-order chi connectivity index (χ1) is 13.2. The van der Waals surface area contributed by atoms with Crippen LogP contribution in [0.3, 0.4) is 0 Å². The second-order valence-corrected chi connectivity index (χ2v) is 8.52. The lowest BCUT2D eigenvalue weighted by Gasteiger charge is -2.61. The molecule has 3 aliphatic carbocycles. The molecule has 3 heterocycles. The van der Waals surface area contributed by atoms with Gasteiger partial charge >= 0.3 is 0 Å². The van der Waals surface area contributed by atoms with E-state index in [1.165, 1.54) is 4.90 Å². The first-order valence-corrected chi connectivity index (χ1v) is 10.1. The van der Waals surface area contributed by atoms with Gasteiger partial charge in [0.2, 0.25) is 11.8 Å². The maximum Gasteiger partial charge on any atom is 0.238 e. The van der Waals surface area contributed by atoms with Crippen LogP contribution in [-0.2, 0) is 19.1 Å². The summed E-state index contributed by atoms with van der Waals surface area (Å²) in [5.41, 5.74) is -0.233. The molecular weight excluding hydrogens is 342 g/mol. The van der Waals surface area contributed by atoms with E-state index in [0.29, 0.717) is 18.9 Å². The van der Waals surface area contributed by atoms with E-state index in [1.807, 2.05) is 30.3 Å². The van der Waals surface area contributed by atoms with Crippen molar-refractivity contribution < 1.29 is 19.1 Å². The van der Waals surface area contributed by atoms with Crippen molar-refractivity contribution in [2.24, 2.45) is 23.7 Å². The summed E-state index contributed by atoms with van der Waals surface area (Å²) in [6.45, 7) is 1.42. The van der Waals surface area contributed by atoms with Crippen LogP contribution in [0.25, 0.3) is 0 Å². The van der Waals surface area contributed by atoms with Gasteiger partial charge in [0.05, 0.1) is 17.5 Å². The van der Waals surface area contributed by atoms with Gasteiger partial charge in [0.1, 0.15) is 11.2 Å². The maximum absolute atomic E-state index is 13.5. The molecule has 0 N–H and O–H groups in total. The Labute approximate surface area is 158 Å². The van der Waals surface area contributed by atoms with E-state index in [4.69, 9.17) is 9.47 Å². The molecule has 0 radical (unpaired) electrons. The number of hydrogen-bond donors (Lipinski definition) is 0. The molecule has 2 amide bonds. The van der Waals surface area contributed by atoms with Gasteiger partial charge in [-0.3, -0.25) is 14.5 Å². The van der Waals surface area contributed by atoms with Crippen LogP contribution in [0.4, 0.5) is 5.69 Å². The van der Waals surface area contributed by atoms with Crippen LogP contribution in [0.15, 0.2) is 42.5 Å². The highest BCUT2D eigenvalue weighted by atomic mass is 16.6. The molecule has 27 heavy (non-hydrogen) atoms. The highest BCUT2D eigenvalue weighted by Crippen LogP contribution is 2.66. The number of anilines is 1. The SMILES string of the molecule is O=C1[C@@H]2[C@H](C(=O)N1c1ccccc1)[C@H]1C=C[C@H]2[C@]2(CCCO2)[C@]12CCCO2. The number of carbonyl (C=O) groups is 2. The summed E-state index contributed by atoms with van der Waals surface area (Å²) in [5.74, 6) is -0.977. The number of imide groups is 1. The van der Waals surface area contributed by atoms with Gasteiger partial charge in [-0.05, 0) is 37.8 Å². The summed E-state index contributed by atoms with van der Waals surface area (Å²) in [4.78, 5) is 28.3. The minimum absolute atomic E-state index is 0.0710. The van der Waals surface area contributed by atoms with E-state index in [0.717, 1.165) is 25.7 Å². The van der Waals surface area contributed by atoms with Gasteiger partial charge in [0.15, 0.2) is 0 Å². The van der Waals surface area contributed by atoms with Crippen molar-refractivity contribution in [3.05, 3.63) is 42.5 Å². The Balaban J connectivity index is 1.50. The smallest absolute Gasteiger partial charge is 0.238 e. The molecule has 0 aromatic heterocycles. The highest BCUT2D eigenvalue weighted by molar-refractivity contribution is 6.22. The minimum atomic E-state index is -0.452. The Bertz CT molecular complexity index is 785. The van der Waals surface area contributed by atoms with Gasteiger partial charge in [-0.25, -0.2) is 0 Å². The van der Waals surface area contributed by atoms with Crippen LogP contribution < -0.4 is 4.90 Å². The first kappa shape index (κ1) is 16.0. The number of para-hydroxylation sites is 1. The third-order valence-electron chi connectivity index (χ3n) is 7.61. The number of carbonyl (C=O) groups excluding carboxylic acids is 2. The topological polar surface area (TPSA) is 55.8 Å². The number of ether oxygens (including phenoxy) is 2. The lowest BCUT2D eigenvalue weighted by Crippen LogP contribution is -2.71. The fourth-order valence-corrected chi connectivity index (χ4v) is 6.75. The number of benzene rings is 1. The molecule has 5 nitrogen and oxygen atoms in total. The Kier molecular flexibility index (Phi) is 3.14. The van der Waals surface area contributed by atoms with Gasteiger partial charge in [-0.1, -0.05) is 30.4 Å². The van der Waals surface area contributed by atoms with E-state index in [1.54, 1.807) is 0 Å². The highest BCUT2D eigenvalue weighted by Gasteiger charge is 2.75. The molecule has 3 aliphatic heterocycles. The van der Waals surface area contributed by atoms with Crippen molar-refractivity contribution in [3.63, 3.8) is 0 Å². The Hall–Kier alpha value is -1.98. The van der Waals surface area contributed by atoms with Gasteiger partial charge in [-0.15, -0.1) is 0 Å². The molecule has 6 atom stereocenters. The molecule has 140 valence electrons. The van der Waals surface area contributed by atoms with Gasteiger partial charge in [0, 0.05) is 25.0 Å². The molecule has 2 spiro atoms. The molecule has 2 bridgehead atoms. The number of rotatable bonds is 1. The number of nitrogens with zero attached hydrogens (tertiary/aromatic N) is 1. The lowest BCUT2D eigenvalue weighted by atomic mass is 9.48. The van der Waals surface area contributed by atoms with Crippen LogP contribution >= 0.6 is 0 Å². The fraction of sp³-hybridized carbons (Fsp3) is 0.545. The third kappa shape index (κ3) is 1.73. The standard InChI is InChI=1S/C22H23NO4/c24-19-17-15-8-9-16(18(17)20(25)23(19)14-6-2-1-3-7-14)22(11-5-13-27-22)21(15)10-4-12-26-21/h1-3,6-9,15-18H,4-5,10-13H2/t15-,16-,17-,18+,21+,22-/m1/s1. The van der Waals surface area contributed by atoms with Crippen LogP contribution in [0.2, 0.25) is 0 Å². The van der Waals surface area contributed by atoms with Gasteiger partial charge in [-0.2, -0.15) is 0 Å². The molecule has 1 aromatic carbocycles. The quantitative estimate of drug-likeness (QED) is 0.567. The van der Waals surface area contributed by atoms with Gasteiger partial charge in [0.25, 0.3) is 0 Å². The monoisotopic (exact) mass is 365 g/mol. The Morgan fingerprint density at radius 1 is 0.815 bits per heavy atom. The van der Waals surface area contributed by atoms with Crippen molar-refractivity contribution in [2.45, 2.75) is 36.9 Å². The first-order valence-electron chi connectivity index (χ1n) is 10.1. The normalized spacial score (nSPS) is 44.8. The predicted octanol–water partition coefficient (Wildman–Crippen LogP) is 2.71. The molecule has 7 rings (SSSR count). The molecule has 5 heteroatoms. The molecule has 1 saturated carbocycles. The van der Waals surface area contributed by atoms with Crippen LogP contribution in [0, 0.1) is 23.7 Å². The second-order valence-electron chi connectivity index (χ2n) is 8.52. The third-order valence-corrected chi connectivity index (χ3v) is 7.61. The van der Waals surface area contributed by atoms with Crippen molar-refractivity contribution in [2.75, 3.05) is 18.1 Å². The second kappa shape index (κ2) is 5.30. The molecule has 6 aliphatic rings. The summed E-state index contributed by atoms with van der Waals surface area (Å²) < 4.78 is 12.9. The fourth-order valence-electron chi connectivity index (χ4n) is 6.75. The summed E-state index contributed by atoms with van der Waals surface area (Å²) in [5, 5.41) is 0. The number of hydrogen-bond acceptors (Lipinski definition) is 4. The summed E-state index contributed by atoms with van der Waals surface area (Å²) in [6.07, 6.45) is 8.12. The van der Waals surface area contributed by atoms with E-state index < -0.39 is 11.2 Å². The van der Waals surface area contributed by atoms with Crippen LogP contribution in [0.5, 0.6) is 0 Å². The number of amides is 2. The maximum atomic E-state index is 13.5. The molecule has 1 aromatic rings. The van der Waals surface area contributed by atoms with E-state index >= 15 is 0 Å².